The topological polar surface area (TPSA) is 57.7 Å². The smallest absolute Gasteiger partial charge is 0.248 e. The Morgan fingerprint density at radius 2 is 1.68 bits per heavy atom. The molecule has 0 atom stereocenters. The van der Waals surface area contributed by atoms with E-state index in [-0.39, 0.29) is 17.3 Å². The number of alkyl halides is 1. The first-order valence-corrected chi connectivity index (χ1v) is 7.19. The average Bonchev–Trinajstić information content (AvgIpc) is 2.37. The lowest BCUT2D eigenvalue weighted by Gasteiger charge is -2.37. The van der Waals surface area contributed by atoms with Gasteiger partial charge in [-0.25, -0.2) is 0 Å². The van der Waals surface area contributed by atoms with E-state index in [2.05, 4.69) is 0 Å². The van der Waals surface area contributed by atoms with Crippen LogP contribution < -0.4 is 0 Å². The van der Waals surface area contributed by atoms with E-state index in [0.717, 1.165) is 0 Å². The standard InChI is InChI=1S/C12H17ClN2O3S/c1-3-14-10(17)9(8(16)6-5-7-13)11(18)15(4-2)12(14)19/h9H,3-7H2,1-2H3. The minimum atomic E-state index is -1.25. The van der Waals surface area contributed by atoms with Crippen molar-refractivity contribution in [1.82, 2.24) is 9.80 Å². The number of nitrogens with zero attached hydrogens (tertiary/aromatic N) is 2. The van der Waals surface area contributed by atoms with Gasteiger partial charge >= 0.3 is 0 Å². The zero-order chi connectivity index (χ0) is 14.6. The summed E-state index contributed by atoms with van der Waals surface area (Å²) >= 11 is 10.6. The number of thiocarbonyl (C=S) groups is 1. The summed E-state index contributed by atoms with van der Waals surface area (Å²) < 4.78 is 0. The lowest BCUT2D eigenvalue weighted by molar-refractivity contribution is -0.151. The Labute approximate surface area is 122 Å². The monoisotopic (exact) mass is 304 g/mol. The van der Waals surface area contributed by atoms with Crippen LogP contribution in [-0.4, -0.2) is 51.5 Å². The van der Waals surface area contributed by atoms with Crippen LogP contribution in [0.25, 0.3) is 0 Å². The van der Waals surface area contributed by atoms with Gasteiger partial charge in [0, 0.05) is 25.4 Å². The van der Waals surface area contributed by atoms with E-state index in [1.165, 1.54) is 9.80 Å². The van der Waals surface area contributed by atoms with Crippen LogP contribution in [0.5, 0.6) is 0 Å². The molecule has 1 rings (SSSR count). The van der Waals surface area contributed by atoms with Crippen LogP contribution in [0, 0.1) is 5.92 Å². The van der Waals surface area contributed by atoms with Gasteiger partial charge in [-0.2, -0.15) is 0 Å². The van der Waals surface area contributed by atoms with Crippen molar-refractivity contribution >= 4 is 46.5 Å². The molecule has 0 N–H and O–H groups in total. The number of hydrogen-bond acceptors (Lipinski definition) is 4. The van der Waals surface area contributed by atoms with E-state index in [0.29, 0.717) is 25.4 Å². The molecule has 1 aliphatic heterocycles. The predicted octanol–water partition coefficient (Wildman–Crippen LogP) is 1.19. The summed E-state index contributed by atoms with van der Waals surface area (Å²) in [6.45, 7) is 4.21. The van der Waals surface area contributed by atoms with Gasteiger partial charge in [-0.05, 0) is 32.5 Å². The third kappa shape index (κ3) is 3.12. The minimum absolute atomic E-state index is 0.132. The number of carbonyl (C=O) groups excluding carboxylic acids is 3. The Hall–Kier alpha value is -1.01. The molecule has 19 heavy (non-hydrogen) atoms. The molecule has 1 fully saturated rings. The SMILES string of the molecule is CCN1C(=O)C(C(=O)CCCCl)C(=O)N(CC)C1=S. The number of halogens is 1. The van der Waals surface area contributed by atoms with Gasteiger partial charge in [0.05, 0.1) is 0 Å². The largest absolute Gasteiger partial charge is 0.298 e. The van der Waals surface area contributed by atoms with Crippen LogP contribution in [0.4, 0.5) is 0 Å². The van der Waals surface area contributed by atoms with Crippen LogP contribution in [0.3, 0.4) is 0 Å². The molecule has 0 aromatic heterocycles. The highest BCUT2D eigenvalue weighted by molar-refractivity contribution is 7.80. The first kappa shape index (κ1) is 16.0. The van der Waals surface area contributed by atoms with Crippen molar-refractivity contribution < 1.29 is 14.4 Å². The molecule has 1 heterocycles. The maximum atomic E-state index is 12.2. The van der Waals surface area contributed by atoms with Crippen LogP contribution in [0.15, 0.2) is 0 Å². The van der Waals surface area contributed by atoms with Gasteiger partial charge in [-0.15, -0.1) is 11.6 Å². The van der Waals surface area contributed by atoms with Gasteiger partial charge in [0.15, 0.2) is 16.8 Å². The summed E-state index contributed by atoms with van der Waals surface area (Å²) in [7, 11) is 0. The third-order valence-corrected chi connectivity index (χ3v) is 3.71. The third-order valence-electron chi connectivity index (χ3n) is 3.00. The van der Waals surface area contributed by atoms with E-state index in [1.807, 2.05) is 0 Å². The van der Waals surface area contributed by atoms with E-state index in [9.17, 15) is 14.4 Å². The molecule has 0 bridgehead atoms. The maximum absolute atomic E-state index is 12.2. The second kappa shape index (κ2) is 6.96. The highest BCUT2D eigenvalue weighted by Gasteiger charge is 2.45. The number of amides is 2. The molecule has 0 saturated carbocycles. The van der Waals surface area contributed by atoms with Gasteiger partial charge in [0.1, 0.15) is 0 Å². The fourth-order valence-electron chi connectivity index (χ4n) is 1.99. The normalized spacial score (nSPS) is 17.3. The Kier molecular flexibility index (Phi) is 5.87. The van der Waals surface area contributed by atoms with Crippen molar-refractivity contribution in [3.63, 3.8) is 0 Å². The number of ketones is 1. The second-order valence-corrected chi connectivity index (χ2v) is 4.88. The molecule has 0 spiro atoms. The molecule has 0 aromatic carbocycles. The average molecular weight is 305 g/mol. The molecule has 1 saturated heterocycles. The zero-order valence-corrected chi connectivity index (χ0v) is 12.6. The highest BCUT2D eigenvalue weighted by Crippen LogP contribution is 2.20. The number of rotatable bonds is 6. The van der Waals surface area contributed by atoms with Crippen LogP contribution in [0.1, 0.15) is 26.7 Å². The number of hydrogen-bond donors (Lipinski definition) is 0. The van der Waals surface area contributed by atoms with E-state index >= 15 is 0 Å². The Bertz CT molecular complexity index is 388. The maximum Gasteiger partial charge on any atom is 0.248 e. The molecule has 1 aliphatic rings. The minimum Gasteiger partial charge on any atom is -0.298 e. The van der Waals surface area contributed by atoms with Crippen LogP contribution in [-0.2, 0) is 14.4 Å². The summed E-state index contributed by atoms with van der Waals surface area (Å²) in [5, 5.41) is 0.182. The second-order valence-electron chi connectivity index (χ2n) is 4.14. The van der Waals surface area contributed by atoms with E-state index < -0.39 is 17.7 Å². The summed E-state index contributed by atoms with van der Waals surface area (Å²) in [5.41, 5.74) is 0. The molecule has 5 nitrogen and oxygen atoms in total. The van der Waals surface area contributed by atoms with Crippen molar-refractivity contribution in [2.45, 2.75) is 26.7 Å². The van der Waals surface area contributed by atoms with Gasteiger partial charge in [-0.3, -0.25) is 24.2 Å². The summed E-state index contributed by atoms with van der Waals surface area (Å²) in [5.74, 6) is -2.33. The first-order valence-electron chi connectivity index (χ1n) is 6.24. The number of carbonyl (C=O) groups is 3. The van der Waals surface area contributed by atoms with Gasteiger partial charge < -0.3 is 0 Å². The van der Waals surface area contributed by atoms with Crippen molar-refractivity contribution in [3.05, 3.63) is 0 Å². The Balaban J connectivity index is 3.01. The molecular weight excluding hydrogens is 288 g/mol. The fraction of sp³-hybridized carbons (Fsp3) is 0.667. The summed E-state index contributed by atoms with van der Waals surface area (Å²) in [4.78, 5) is 39.0. The quantitative estimate of drug-likeness (QED) is 0.420. The molecule has 106 valence electrons. The molecule has 0 aliphatic carbocycles. The fourth-order valence-corrected chi connectivity index (χ4v) is 2.57. The molecule has 2 amide bonds. The van der Waals surface area contributed by atoms with E-state index in [4.69, 9.17) is 23.8 Å². The zero-order valence-electron chi connectivity index (χ0n) is 11.0. The summed E-state index contributed by atoms with van der Waals surface area (Å²) in [6, 6.07) is 0. The molecule has 7 heteroatoms. The number of Topliss-reactive ketones (excluding diaryl/α,β-unsaturated/α-hetero) is 1. The van der Waals surface area contributed by atoms with Crippen molar-refractivity contribution in [3.8, 4) is 0 Å². The highest BCUT2D eigenvalue weighted by atomic mass is 35.5. The van der Waals surface area contributed by atoms with E-state index in [1.54, 1.807) is 13.8 Å². The molecule has 0 aromatic rings. The van der Waals surface area contributed by atoms with Crippen LogP contribution in [0.2, 0.25) is 0 Å². The lowest BCUT2D eigenvalue weighted by Crippen LogP contribution is -2.61. The van der Waals surface area contributed by atoms with Gasteiger partial charge in [0.25, 0.3) is 0 Å². The molecule has 0 radical (unpaired) electrons. The van der Waals surface area contributed by atoms with Gasteiger partial charge in [0.2, 0.25) is 11.8 Å². The first-order chi connectivity index (χ1) is 8.99. The molecular formula is C12H17ClN2O3S. The summed E-state index contributed by atoms with van der Waals surface area (Å²) in [6.07, 6.45) is 0.591. The predicted molar refractivity (Wildman–Crippen MR) is 75.8 cm³/mol. The Morgan fingerprint density at radius 1 is 1.21 bits per heavy atom. The lowest BCUT2D eigenvalue weighted by atomic mass is 9.95. The van der Waals surface area contributed by atoms with Crippen molar-refractivity contribution in [1.29, 1.82) is 0 Å². The van der Waals surface area contributed by atoms with Crippen molar-refractivity contribution in [2.24, 2.45) is 5.92 Å². The molecule has 0 unspecified atom stereocenters. The Morgan fingerprint density at radius 3 is 2.05 bits per heavy atom. The van der Waals surface area contributed by atoms with Crippen LogP contribution >= 0.6 is 23.8 Å². The van der Waals surface area contributed by atoms with Crippen molar-refractivity contribution in [2.75, 3.05) is 19.0 Å². The van der Waals surface area contributed by atoms with Gasteiger partial charge in [-0.1, -0.05) is 0 Å².